The van der Waals surface area contributed by atoms with Gasteiger partial charge in [0.1, 0.15) is 6.33 Å². The fraction of sp³-hybridized carbons (Fsp3) is 0.375. The molecular formula is C24H28N4OS. The fourth-order valence-corrected chi connectivity index (χ4v) is 4.74. The normalized spacial score (nSPS) is 14.8. The van der Waals surface area contributed by atoms with Crippen LogP contribution in [0.5, 0.6) is 0 Å². The van der Waals surface area contributed by atoms with Gasteiger partial charge in [-0.15, -0.1) is 10.2 Å². The lowest BCUT2D eigenvalue weighted by molar-refractivity contribution is -0.129. The Kier molecular flexibility index (Phi) is 6.84. The summed E-state index contributed by atoms with van der Waals surface area (Å²) in [6.45, 7) is 3.79. The molecule has 3 aromatic rings. The maximum absolute atomic E-state index is 12.7. The van der Waals surface area contributed by atoms with Crippen LogP contribution in [0.1, 0.15) is 30.4 Å². The third-order valence-corrected chi connectivity index (χ3v) is 6.73. The second kappa shape index (κ2) is 9.94. The van der Waals surface area contributed by atoms with Crippen LogP contribution in [0.2, 0.25) is 0 Å². The first-order valence-electron chi connectivity index (χ1n) is 10.6. The Labute approximate surface area is 182 Å². The number of amides is 1. The first-order valence-corrected chi connectivity index (χ1v) is 11.6. The molecule has 0 radical (unpaired) electrons. The van der Waals surface area contributed by atoms with E-state index in [-0.39, 0.29) is 5.91 Å². The summed E-state index contributed by atoms with van der Waals surface area (Å²) >= 11 is 1.46. The van der Waals surface area contributed by atoms with Crippen LogP contribution in [0, 0.1) is 12.8 Å². The molecule has 1 aromatic heterocycles. The van der Waals surface area contributed by atoms with Crippen molar-refractivity contribution in [2.45, 2.75) is 37.8 Å². The minimum atomic E-state index is 0.194. The molecule has 0 bridgehead atoms. The molecule has 2 heterocycles. The number of thioether (sulfide) groups is 1. The molecule has 6 heteroatoms. The highest BCUT2D eigenvalue weighted by Gasteiger charge is 2.23. The van der Waals surface area contributed by atoms with Gasteiger partial charge in [-0.05, 0) is 56.2 Å². The number of hydrogen-bond acceptors (Lipinski definition) is 4. The summed E-state index contributed by atoms with van der Waals surface area (Å²) in [7, 11) is 0. The first-order chi connectivity index (χ1) is 14.7. The van der Waals surface area contributed by atoms with Gasteiger partial charge < -0.3 is 4.90 Å². The summed E-state index contributed by atoms with van der Waals surface area (Å²) in [4.78, 5) is 14.7. The Morgan fingerprint density at radius 2 is 1.80 bits per heavy atom. The van der Waals surface area contributed by atoms with Crippen molar-refractivity contribution >= 4 is 17.7 Å². The topological polar surface area (TPSA) is 51.0 Å². The lowest BCUT2D eigenvalue weighted by atomic mass is 9.90. The Hall–Kier alpha value is -2.60. The van der Waals surface area contributed by atoms with Crippen LogP contribution in [-0.4, -0.2) is 44.4 Å². The molecule has 0 spiro atoms. The molecule has 2 aromatic carbocycles. The molecule has 0 unspecified atom stereocenters. The standard InChI is InChI=1S/C24H28N4OS/c1-19-7-11-22(12-8-19)28-18-25-26-24(28)30-17-23(29)27-15-13-21(14-16-27)10-9-20-5-3-2-4-6-20/h2-8,11-12,18,21H,9-10,13-17H2,1H3. The second-order valence-corrected chi connectivity index (χ2v) is 8.90. The lowest BCUT2D eigenvalue weighted by Crippen LogP contribution is -2.39. The number of nitrogens with zero attached hydrogens (tertiary/aromatic N) is 4. The Morgan fingerprint density at radius 1 is 1.07 bits per heavy atom. The second-order valence-electron chi connectivity index (χ2n) is 7.96. The number of aromatic nitrogens is 3. The average Bonchev–Trinajstić information content (AvgIpc) is 3.26. The van der Waals surface area contributed by atoms with Crippen molar-refractivity contribution in [2.75, 3.05) is 18.8 Å². The summed E-state index contributed by atoms with van der Waals surface area (Å²) in [6.07, 6.45) is 6.24. The fourth-order valence-electron chi connectivity index (χ4n) is 3.91. The van der Waals surface area contributed by atoms with Gasteiger partial charge in [-0.25, -0.2) is 0 Å². The van der Waals surface area contributed by atoms with E-state index < -0.39 is 0 Å². The number of likely N-dealkylation sites (tertiary alicyclic amines) is 1. The van der Waals surface area contributed by atoms with Crippen LogP contribution in [0.4, 0.5) is 0 Å². The van der Waals surface area contributed by atoms with Crippen molar-refractivity contribution < 1.29 is 4.79 Å². The average molecular weight is 421 g/mol. The number of carbonyl (C=O) groups excluding carboxylic acids is 1. The van der Waals surface area contributed by atoms with Gasteiger partial charge in [0.05, 0.1) is 5.75 Å². The maximum atomic E-state index is 12.7. The smallest absolute Gasteiger partial charge is 0.233 e. The summed E-state index contributed by atoms with van der Waals surface area (Å²) < 4.78 is 1.94. The number of benzene rings is 2. The van der Waals surface area contributed by atoms with Crippen LogP contribution < -0.4 is 0 Å². The van der Waals surface area contributed by atoms with E-state index in [1.165, 1.54) is 29.3 Å². The zero-order valence-corrected chi connectivity index (χ0v) is 18.2. The van der Waals surface area contributed by atoms with E-state index in [2.05, 4.69) is 59.6 Å². The zero-order valence-electron chi connectivity index (χ0n) is 17.4. The van der Waals surface area contributed by atoms with Crippen molar-refractivity contribution in [1.82, 2.24) is 19.7 Å². The molecule has 0 aliphatic carbocycles. The summed E-state index contributed by atoms with van der Waals surface area (Å²) in [5.74, 6) is 1.31. The highest BCUT2D eigenvalue weighted by atomic mass is 32.2. The predicted octanol–water partition coefficient (Wildman–Crippen LogP) is 4.54. The summed E-state index contributed by atoms with van der Waals surface area (Å²) in [5.41, 5.74) is 3.63. The number of aryl methyl sites for hydroxylation is 2. The van der Waals surface area contributed by atoms with Gasteiger partial charge >= 0.3 is 0 Å². The maximum Gasteiger partial charge on any atom is 0.233 e. The number of hydrogen-bond donors (Lipinski definition) is 0. The molecule has 1 aliphatic heterocycles. The van der Waals surface area contributed by atoms with Gasteiger partial charge in [0.15, 0.2) is 5.16 Å². The van der Waals surface area contributed by atoms with E-state index >= 15 is 0 Å². The molecule has 30 heavy (non-hydrogen) atoms. The van der Waals surface area contributed by atoms with Crippen molar-refractivity contribution in [3.63, 3.8) is 0 Å². The monoisotopic (exact) mass is 420 g/mol. The SMILES string of the molecule is Cc1ccc(-n2cnnc2SCC(=O)N2CCC(CCc3ccccc3)CC2)cc1. The Morgan fingerprint density at radius 3 is 2.53 bits per heavy atom. The third-order valence-electron chi connectivity index (χ3n) is 5.80. The van der Waals surface area contributed by atoms with E-state index in [4.69, 9.17) is 0 Å². The molecule has 5 nitrogen and oxygen atoms in total. The van der Waals surface area contributed by atoms with Crippen LogP contribution in [0.15, 0.2) is 66.1 Å². The largest absolute Gasteiger partial charge is 0.342 e. The Balaban J connectivity index is 1.24. The molecule has 1 amide bonds. The van der Waals surface area contributed by atoms with E-state index in [9.17, 15) is 4.79 Å². The highest BCUT2D eigenvalue weighted by molar-refractivity contribution is 7.99. The van der Waals surface area contributed by atoms with Gasteiger partial charge in [-0.3, -0.25) is 9.36 Å². The van der Waals surface area contributed by atoms with Crippen LogP contribution in [0.25, 0.3) is 5.69 Å². The summed E-state index contributed by atoms with van der Waals surface area (Å²) in [5, 5.41) is 8.99. The molecule has 156 valence electrons. The van der Waals surface area contributed by atoms with Crippen molar-refractivity contribution in [3.05, 3.63) is 72.1 Å². The third kappa shape index (κ3) is 5.30. The van der Waals surface area contributed by atoms with Gasteiger partial charge in [-0.2, -0.15) is 0 Å². The van der Waals surface area contributed by atoms with Gasteiger partial charge in [0.2, 0.25) is 5.91 Å². The first kappa shape index (κ1) is 20.7. The van der Waals surface area contributed by atoms with Crippen LogP contribution in [-0.2, 0) is 11.2 Å². The van der Waals surface area contributed by atoms with Gasteiger partial charge in [0, 0.05) is 18.8 Å². The molecule has 1 saturated heterocycles. The number of carbonyl (C=O) groups is 1. The molecule has 1 aliphatic rings. The van der Waals surface area contributed by atoms with Crippen LogP contribution in [0.3, 0.4) is 0 Å². The number of rotatable bonds is 7. The van der Waals surface area contributed by atoms with Crippen molar-refractivity contribution in [1.29, 1.82) is 0 Å². The van der Waals surface area contributed by atoms with Gasteiger partial charge in [0.25, 0.3) is 0 Å². The molecule has 4 rings (SSSR count). The minimum Gasteiger partial charge on any atom is -0.342 e. The van der Waals surface area contributed by atoms with E-state index in [1.807, 2.05) is 21.6 Å². The lowest BCUT2D eigenvalue weighted by Gasteiger charge is -2.32. The minimum absolute atomic E-state index is 0.194. The van der Waals surface area contributed by atoms with E-state index in [1.54, 1.807) is 6.33 Å². The van der Waals surface area contributed by atoms with Crippen molar-refractivity contribution in [2.24, 2.45) is 5.92 Å². The zero-order chi connectivity index (χ0) is 20.8. The van der Waals surface area contributed by atoms with Gasteiger partial charge in [-0.1, -0.05) is 59.8 Å². The molecule has 0 N–H and O–H groups in total. The Bertz CT molecular complexity index is 947. The molecule has 0 saturated carbocycles. The predicted molar refractivity (Wildman–Crippen MR) is 121 cm³/mol. The molecule has 0 atom stereocenters. The number of piperidine rings is 1. The molecular weight excluding hydrogens is 392 g/mol. The highest BCUT2D eigenvalue weighted by Crippen LogP contribution is 2.24. The van der Waals surface area contributed by atoms with E-state index in [0.717, 1.165) is 43.2 Å². The molecule has 1 fully saturated rings. The van der Waals surface area contributed by atoms with E-state index in [0.29, 0.717) is 11.7 Å². The summed E-state index contributed by atoms with van der Waals surface area (Å²) in [6, 6.07) is 18.9. The quantitative estimate of drug-likeness (QED) is 0.527. The van der Waals surface area contributed by atoms with Crippen molar-refractivity contribution in [3.8, 4) is 5.69 Å². The van der Waals surface area contributed by atoms with Crippen LogP contribution >= 0.6 is 11.8 Å².